The lowest BCUT2D eigenvalue weighted by atomic mass is 10.0. The predicted octanol–water partition coefficient (Wildman–Crippen LogP) is 4.46. The minimum atomic E-state index is 0.0988. The van der Waals surface area contributed by atoms with Crippen LogP contribution >= 0.6 is 15.9 Å². The van der Waals surface area contributed by atoms with Crippen LogP contribution in [0.2, 0.25) is 0 Å². The first-order valence-electron chi connectivity index (χ1n) is 7.23. The van der Waals surface area contributed by atoms with Gasteiger partial charge in [0.15, 0.2) is 6.23 Å². The molecule has 1 fully saturated rings. The van der Waals surface area contributed by atoms with Crippen molar-refractivity contribution < 1.29 is 4.74 Å². The molecule has 1 aromatic carbocycles. The van der Waals surface area contributed by atoms with Gasteiger partial charge in [0.2, 0.25) is 0 Å². The van der Waals surface area contributed by atoms with Crippen molar-refractivity contribution in [2.24, 2.45) is 0 Å². The molecule has 1 aliphatic carbocycles. The van der Waals surface area contributed by atoms with Gasteiger partial charge in [0.1, 0.15) is 0 Å². The van der Waals surface area contributed by atoms with Crippen molar-refractivity contribution in [2.45, 2.75) is 38.8 Å². The van der Waals surface area contributed by atoms with Gasteiger partial charge in [0, 0.05) is 16.5 Å². The molecular weight excluding hydrogens is 316 g/mol. The van der Waals surface area contributed by atoms with Gasteiger partial charge in [-0.25, -0.2) is 4.68 Å². The van der Waals surface area contributed by atoms with Crippen LogP contribution in [0.25, 0.3) is 16.5 Å². The normalized spacial score (nSPS) is 22.1. The van der Waals surface area contributed by atoms with Crippen molar-refractivity contribution in [1.82, 2.24) is 9.78 Å². The number of benzene rings is 1. The lowest BCUT2D eigenvalue weighted by Gasteiger charge is -2.23. The highest BCUT2D eigenvalue weighted by atomic mass is 79.9. The molecule has 0 spiro atoms. The van der Waals surface area contributed by atoms with Gasteiger partial charge >= 0.3 is 0 Å². The second-order valence-corrected chi connectivity index (χ2v) is 6.45. The van der Waals surface area contributed by atoms with E-state index in [2.05, 4.69) is 44.8 Å². The molecule has 4 rings (SSSR count). The van der Waals surface area contributed by atoms with Gasteiger partial charge in [-0.1, -0.05) is 6.08 Å². The van der Waals surface area contributed by atoms with E-state index in [1.54, 1.807) is 0 Å². The first-order chi connectivity index (χ1) is 9.75. The van der Waals surface area contributed by atoms with Gasteiger partial charge in [0.25, 0.3) is 0 Å². The number of nitrogens with zero attached hydrogens (tertiary/aromatic N) is 2. The molecule has 104 valence electrons. The zero-order valence-electron chi connectivity index (χ0n) is 11.5. The number of rotatable bonds is 1. The van der Waals surface area contributed by atoms with Gasteiger partial charge in [-0.3, -0.25) is 0 Å². The van der Waals surface area contributed by atoms with Crippen LogP contribution in [0, 0.1) is 0 Å². The van der Waals surface area contributed by atoms with Crippen LogP contribution in [-0.2, 0) is 11.2 Å². The van der Waals surface area contributed by atoms with Crippen molar-refractivity contribution in [3.8, 4) is 0 Å². The molecule has 0 bridgehead atoms. The summed E-state index contributed by atoms with van der Waals surface area (Å²) in [6.45, 7) is 3.02. The summed E-state index contributed by atoms with van der Waals surface area (Å²) in [6, 6.07) is 2.29. The molecule has 1 saturated heterocycles. The molecule has 1 unspecified atom stereocenters. The number of aromatic nitrogens is 2. The molecule has 2 aromatic rings. The van der Waals surface area contributed by atoms with E-state index in [-0.39, 0.29) is 6.23 Å². The third kappa shape index (κ3) is 1.78. The van der Waals surface area contributed by atoms with E-state index in [1.165, 1.54) is 38.5 Å². The van der Waals surface area contributed by atoms with Gasteiger partial charge in [-0.05, 0) is 71.3 Å². The maximum absolute atomic E-state index is 5.88. The van der Waals surface area contributed by atoms with Crippen molar-refractivity contribution >= 4 is 32.4 Å². The first kappa shape index (κ1) is 12.6. The number of hydrogen-bond donors (Lipinski definition) is 0. The summed E-state index contributed by atoms with van der Waals surface area (Å²) in [5.41, 5.74) is 5.28. The Morgan fingerprint density at radius 3 is 3.10 bits per heavy atom. The fourth-order valence-electron chi connectivity index (χ4n) is 3.30. The Kier molecular flexibility index (Phi) is 2.97. The molecule has 2 heterocycles. The van der Waals surface area contributed by atoms with Crippen LogP contribution in [0.4, 0.5) is 0 Å². The maximum atomic E-state index is 5.88. The van der Waals surface area contributed by atoms with Crippen molar-refractivity contribution in [3.05, 3.63) is 33.9 Å². The van der Waals surface area contributed by atoms with Crippen LogP contribution in [0.5, 0.6) is 0 Å². The number of fused-ring (bicyclic) bond motifs is 2. The molecule has 1 atom stereocenters. The van der Waals surface area contributed by atoms with Crippen LogP contribution < -0.4 is 0 Å². The molecule has 0 amide bonds. The Balaban J connectivity index is 1.88. The highest BCUT2D eigenvalue weighted by Gasteiger charge is 2.23. The molecular formula is C16H17BrN2O. The Bertz CT molecular complexity index is 711. The van der Waals surface area contributed by atoms with E-state index in [4.69, 9.17) is 4.74 Å². The maximum Gasteiger partial charge on any atom is 0.150 e. The molecule has 4 heteroatoms. The van der Waals surface area contributed by atoms with Gasteiger partial charge in [-0.15, -0.1) is 0 Å². The molecule has 1 aliphatic heterocycles. The number of ether oxygens (including phenoxy) is 1. The zero-order valence-corrected chi connectivity index (χ0v) is 13.1. The summed E-state index contributed by atoms with van der Waals surface area (Å²) in [4.78, 5) is 0. The number of hydrogen-bond acceptors (Lipinski definition) is 2. The van der Waals surface area contributed by atoms with Crippen LogP contribution in [0.3, 0.4) is 0 Å². The number of halogens is 1. The third-order valence-electron chi connectivity index (χ3n) is 4.37. The third-order valence-corrected chi connectivity index (χ3v) is 5.20. The number of allylic oxidation sites excluding steroid dienone is 2. The summed E-state index contributed by atoms with van der Waals surface area (Å²) in [5, 5.41) is 5.78. The van der Waals surface area contributed by atoms with Gasteiger partial charge < -0.3 is 4.74 Å². The van der Waals surface area contributed by atoms with Crippen molar-refractivity contribution in [1.29, 1.82) is 0 Å². The fourth-order valence-corrected chi connectivity index (χ4v) is 4.17. The molecule has 20 heavy (non-hydrogen) atoms. The highest BCUT2D eigenvalue weighted by Crippen LogP contribution is 2.39. The Morgan fingerprint density at radius 1 is 1.40 bits per heavy atom. The van der Waals surface area contributed by atoms with Crippen molar-refractivity contribution in [2.75, 3.05) is 6.61 Å². The van der Waals surface area contributed by atoms with E-state index >= 15 is 0 Å². The Hall–Kier alpha value is -1.13. The largest absolute Gasteiger partial charge is 0.356 e. The predicted molar refractivity (Wildman–Crippen MR) is 83.6 cm³/mol. The second-order valence-electron chi connectivity index (χ2n) is 5.66. The fraction of sp³-hybridized carbons (Fsp3) is 0.438. The first-order valence-corrected chi connectivity index (χ1v) is 8.02. The van der Waals surface area contributed by atoms with Crippen LogP contribution in [-0.4, -0.2) is 16.4 Å². The average molecular weight is 333 g/mol. The summed E-state index contributed by atoms with van der Waals surface area (Å²) >= 11 is 3.78. The highest BCUT2D eigenvalue weighted by molar-refractivity contribution is 9.10. The molecule has 1 aromatic heterocycles. The quantitative estimate of drug-likeness (QED) is 0.771. The molecule has 3 nitrogen and oxygen atoms in total. The monoisotopic (exact) mass is 332 g/mol. The van der Waals surface area contributed by atoms with Crippen LogP contribution in [0.15, 0.2) is 22.8 Å². The van der Waals surface area contributed by atoms with E-state index in [1.807, 2.05) is 6.20 Å². The summed E-state index contributed by atoms with van der Waals surface area (Å²) in [5.74, 6) is 0. The zero-order chi connectivity index (χ0) is 13.7. The summed E-state index contributed by atoms with van der Waals surface area (Å²) in [6.07, 6.45) is 8.82. The van der Waals surface area contributed by atoms with Gasteiger partial charge in [-0.2, -0.15) is 5.10 Å². The van der Waals surface area contributed by atoms with Gasteiger partial charge in [0.05, 0.1) is 11.7 Å². The SMILES string of the molecule is CC1=CCc2cc3c(cnn3C3CCCCO3)c(Br)c21. The Morgan fingerprint density at radius 2 is 2.30 bits per heavy atom. The standard InChI is InChI=1S/C16H17BrN2O/c1-10-5-6-11-8-13-12(16(17)15(10)11)9-18-19(13)14-4-2-3-7-20-14/h5,8-9,14H,2-4,6-7H2,1H3. The van der Waals surface area contributed by atoms with E-state index in [9.17, 15) is 0 Å². The lowest BCUT2D eigenvalue weighted by molar-refractivity contribution is -0.0366. The molecule has 2 aliphatic rings. The minimum absolute atomic E-state index is 0.0988. The van der Waals surface area contributed by atoms with E-state index in [0.717, 1.165) is 25.9 Å². The second kappa shape index (κ2) is 4.71. The van der Waals surface area contributed by atoms with E-state index in [0.29, 0.717) is 0 Å². The summed E-state index contributed by atoms with van der Waals surface area (Å²) < 4.78 is 9.12. The Labute approximate surface area is 126 Å². The molecule has 0 N–H and O–H groups in total. The smallest absolute Gasteiger partial charge is 0.150 e. The minimum Gasteiger partial charge on any atom is -0.356 e. The molecule has 0 radical (unpaired) electrons. The molecule has 0 saturated carbocycles. The van der Waals surface area contributed by atoms with E-state index < -0.39 is 0 Å². The summed E-state index contributed by atoms with van der Waals surface area (Å²) in [7, 11) is 0. The topological polar surface area (TPSA) is 27.1 Å². The van der Waals surface area contributed by atoms with Crippen molar-refractivity contribution in [3.63, 3.8) is 0 Å². The van der Waals surface area contributed by atoms with Crippen LogP contribution in [0.1, 0.15) is 43.5 Å². The lowest BCUT2D eigenvalue weighted by Crippen LogP contribution is -2.19. The average Bonchev–Trinajstić information content (AvgIpc) is 3.05.